The number of rotatable bonds is 7. The lowest BCUT2D eigenvalue weighted by molar-refractivity contribution is 0.943. The normalized spacial score (nSPS) is 13.4. The lowest BCUT2D eigenvalue weighted by Gasteiger charge is -2.32. The minimum Gasteiger partial charge on any atom is -0.330 e. The Labute approximate surface area is 83.0 Å². The average Bonchev–Trinajstić information content (AvgIpc) is 2.05. The van der Waals surface area contributed by atoms with E-state index in [0.29, 0.717) is 0 Å². The molecule has 0 bridgehead atoms. The van der Waals surface area contributed by atoms with E-state index >= 15 is 0 Å². The molecule has 0 aromatic heterocycles. The summed E-state index contributed by atoms with van der Waals surface area (Å²) in [5.74, 6) is 0. The first kappa shape index (κ1) is 12.4. The molecular weight excluding hydrogens is 174 g/mol. The molecule has 74 valence electrons. The van der Waals surface area contributed by atoms with Crippen molar-refractivity contribution in [2.75, 3.05) is 0 Å². The minimum atomic E-state index is -1.45. The van der Waals surface area contributed by atoms with E-state index in [2.05, 4.69) is 26.7 Å². The van der Waals surface area contributed by atoms with E-state index in [1.165, 1.54) is 0 Å². The van der Waals surface area contributed by atoms with E-state index in [4.69, 9.17) is 5.73 Å². The van der Waals surface area contributed by atoms with E-state index in [0.717, 1.165) is 18.1 Å². The van der Waals surface area contributed by atoms with Gasteiger partial charge in [0.05, 0.1) is 8.07 Å². The maximum Gasteiger partial charge on any atom is 0.0829 e. The molecule has 0 rings (SSSR count). The molecule has 2 heteroatoms. The first-order valence-electron chi connectivity index (χ1n) is 4.71. The summed E-state index contributed by atoms with van der Waals surface area (Å²) in [6.45, 7) is 13.5. The Balaban J connectivity index is 4.65. The Morgan fingerprint density at radius 1 is 1.08 bits per heavy atom. The van der Waals surface area contributed by atoms with Gasteiger partial charge in [0.1, 0.15) is 0 Å². The van der Waals surface area contributed by atoms with E-state index in [-0.39, 0.29) is 5.67 Å². The highest BCUT2D eigenvalue weighted by atomic mass is 28.3. The van der Waals surface area contributed by atoms with Crippen molar-refractivity contribution in [3.05, 3.63) is 38.0 Å². The molecule has 13 heavy (non-hydrogen) atoms. The summed E-state index contributed by atoms with van der Waals surface area (Å²) in [4.78, 5) is 0. The molecule has 1 atom stereocenters. The van der Waals surface area contributed by atoms with Crippen molar-refractivity contribution in [3.8, 4) is 0 Å². The molecule has 0 saturated heterocycles. The molecule has 0 aromatic carbocycles. The van der Waals surface area contributed by atoms with Gasteiger partial charge in [-0.05, 0) is 23.8 Å². The van der Waals surface area contributed by atoms with Crippen LogP contribution in [0.2, 0.25) is 18.1 Å². The van der Waals surface area contributed by atoms with Crippen LogP contribution in [0.25, 0.3) is 0 Å². The standard InChI is InChI=1S/C11H21NSi/c1-5-8-13(9-6-2,10-7-3)11(4)12/h5-7,11H,1-3,8-10,12H2,4H3. The predicted molar refractivity (Wildman–Crippen MR) is 64.4 cm³/mol. The topological polar surface area (TPSA) is 26.0 Å². The fourth-order valence-electron chi connectivity index (χ4n) is 1.67. The Bertz CT molecular complexity index is 158. The zero-order chi connectivity index (χ0) is 10.3. The van der Waals surface area contributed by atoms with Gasteiger partial charge in [0, 0.05) is 0 Å². The molecular formula is C11H21NSi. The Morgan fingerprint density at radius 2 is 1.38 bits per heavy atom. The molecule has 0 radical (unpaired) electrons. The van der Waals surface area contributed by atoms with Crippen LogP contribution < -0.4 is 5.73 Å². The van der Waals surface area contributed by atoms with Gasteiger partial charge in [0.25, 0.3) is 0 Å². The molecule has 0 aromatic rings. The van der Waals surface area contributed by atoms with Crippen molar-refractivity contribution < 1.29 is 0 Å². The van der Waals surface area contributed by atoms with E-state index < -0.39 is 8.07 Å². The molecule has 0 fully saturated rings. The first-order chi connectivity index (χ1) is 6.13. The van der Waals surface area contributed by atoms with Crippen LogP contribution in [0.4, 0.5) is 0 Å². The molecule has 0 aliphatic carbocycles. The fraction of sp³-hybridized carbons (Fsp3) is 0.455. The highest BCUT2D eigenvalue weighted by Crippen LogP contribution is 2.25. The largest absolute Gasteiger partial charge is 0.330 e. The quantitative estimate of drug-likeness (QED) is 0.490. The Morgan fingerprint density at radius 3 is 1.54 bits per heavy atom. The van der Waals surface area contributed by atoms with Gasteiger partial charge in [0.15, 0.2) is 0 Å². The van der Waals surface area contributed by atoms with E-state index in [1.807, 2.05) is 18.2 Å². The first-order valence-corrected chi connectivity index (χ1v) is 7.41. The second kappa shape index (κ2) is 5.94. The number of nitrogens with two attached hydrogens (primary N) is 1. The van der Waals surface area contributed by atoms with Crippen LogP contribution in [0, 0.1) is 0 Å². The van der Waals surface area contributed by atoms with Crippen molar-refractivity contribution >= 4 is 8.07 Å². The Kier molecular flexibility index (Phi) is 5.67. The van der Waals surface area contributed by atoms with E-state index in [9.17, 15) is 0 Å². The molecule has 1 nitrogen and oxygen atoms in total. The molecule has 0 saturated carbocycles. The summed E-state index contributed by atoms with van der Waals surface area (Å²) in [5.41, 5.74) is 6.33. The zero-order valence-corrected chi connectivity index (χ0v) is 9.63. The van der Waals surface area contributed by atoms with Crippen molar-refractivity contribution in [2.45, 2.75) is 30.7 Å². The van der Waals surface area contributed by atoms with Crippen LogP contribution in [0.15, 0.2) is 38.0 Å². The number of hydrogen-bond acceptors (Lipinski definition) is 1. The maximum absolute atomic E-state index is 6.05. The fourth-order valence-corrected chi connectivity index (χ4v) is 5.01. The summed E-state index contributed by atoms with van der Waals surface area (Å²) < 4.78 is 0. The van der Waals surface area contributed by atoms with Crippen molar-refractivity contribution in [3.63, 3.8) is 0 Å². The average molecular weight is 195 g/mol. The van der Waals surface area contributed by atoms with Gasteiger partial charge in [-0.15, -0.1) is 19.7 Å². The molecule has 0 aliphatic rings. The summed E-state index contributed by atoms with van der Waals surface area (Å²) in [6, 6.07) is 3.17. The summed E-state index contributed by atoms with van der Waals surface area (Å²) in [6.07, 6.45) is 5.97. The number of hydrogen-bond donors (Lipinski definition) is 1. The number of allylic oxidation sites excluding steroid dienone is 3. The van der Waals surface area contributed by atoms with Crippen LogP contribution in [-0.4, -0.2) is 13.7 Å². The van der Waals surface area contributed by atoms with Crippen LogP contribution in [-0.2, 0) is 0 Å². The Hall–Kier alpha value is -0.603. The second-order valence-corrected chi connectivity index (χ2v) is 8.49. The molecule has 1 unspecified atom stereocenters. The molecule has 2 N–H and O–H groups in total. The summed E-state index contributed by atoms with van der Waals surface area (Å²) >= 11 is 0. The lowest BCUT2D eigenvalue weighted by Crippen LogP contribution is -2.49. The molecule has 0 spiro atoms. The zero-order valence-electron chi connectivity index (χ0n) is 8.63. The van der Waals surface area contributed by atoms with Gasteiger partial charge in [-0.25, -0.2) is 0 Å². The maximum atomic E-state index is 6.05. The van der Waals surface area contributed by atoms with Gasteiger partial charge in [-0.2, -0.15) is 0 Å². The van der Waals surface area contributed by atoms with Crippen LogP contribution in [0.3, 0.4) is 0 Å². The van der Waals surface area contributed by atoms with Crippen molar-refractivity contribution in [2.24, 2.45) is 5.73 Å². The minimum absolute atomic E-state index is 0.279. The third-order valence-electron chi connectivity index (χ3n) is 2.62. The van der Waals surface area contributed by atoms with Gasteiger partial charge in [0.2, 0.25) is 0 Å². The highest BCUT2D eigenvalue weighted by molar-refractivity contribution is 6.82. The summed E-state index contributed by atoms with van der Waals surface area (Å²) in [5, 5.41) is 0. The predicted octanol–water partition coefficient (Wildman–Crippen LogP) is 2.88. The van der Waals surface area contributed by atoms with Crippen molar-refractivity contribution in [1.29, 1.82) is 0 Å². The van der Waals surface area contributed by atoms with Crippen LogP contribution in [0.5, 0.6) is 0 Å². The van der Waals surface area contributed by atoms with E-state index in [1.54, 1.807) is 0 Å². The van der Waals surface area contributed by atoms with Gasteiger partial charge >= 0.3 is 0 Å². The van der Waals surface area contributed by atoms with Crippen LogP contribution in [0.1, 0.15) is 6.92 Å². The lowest BCUT2D eigenvalue weighted by atomic mass is 10.7. The second-order valence-electron chi connectivity index (χ2n) is 3.63. The third kappa shape index (κ3) is 3.33. The smallest absolute Gasteiger partial charge is 0.0829 e. The monoisotopic (exact) mass is 195 g/mol. The summed E-state index contributed by atoms with van der Waals surface area (Å²) in [7, 11) is -1.45. The van der Waals surface area contributed by atoms with Gasteiger partial charge in [-0.3, -0.25) is 0 Å². The van der Waals surface area contributed by atoms with Gasteiger partial charge < -0.3 is 5.73 Å². The molecule has 0 amide bonds. The SMILES string of the molecule is C=CC[Si](CC=C)(CC=C)C(C)N. The third-order valence-corrected chi connectivity index (χ3v) is 7.86. The highest BCUT2D eigenvalue weighted by Gasteiger charge is 2.32. The molecule has 0 heterocycles. The van der Waals surface area contributed by atoms with Crippen molar-refractivity contribution in [1.82, 2.24) is 0 Å². The molecule has 0 aliphatic heterocycles. The van der Waals surface area contributed by atoms with Gasteiger partial charge in [-0.1, -0.05) is 25.2 Å². The van der Waals surface area contributed by atoms with Crippen LogP contribution >= 0.6 is 0 Å².